The van der Waals surface area contributed by atoms with Crippen LogP contribution in [0.5, 0.6) is 0 Å². The van der Waals surface area contributed by atoms with Gasteiger partial charge in [-0.05, 0) is 31.9 Å². The largest absolute Gasteiger partial charge is 0.384 e. The number of hydrogen-bond acceptors (Lipinski definition) is 4. The Morgan fingerprint density at radius 2 is 1.95 bits per heavy atom. The first kappa shape index (κ1) is 12.1. The van der Waals surface area contributed by atoms with Crippen LogP contribution in [-0.2, 0) is 0 Å². The van der Waals surface area contributed by atoms with Crippen molar-refractivity contribution >= 4 is 5.82 Å². The minimum atomic E-state index is 0.502. The number of nitrogen functional groups attached to an aromatic ring is 1. The minimum absolute atomic E-state index is 0.502. The molecular weight excluding hydrogens is 238 g/mol. The molecule has 2 heterocycles. The molecule has 0 saturated heterocycles. The van der Waals surface area contributed by atoms with Crippen LogP contribution in [0.4, 0.5) is 5.82 Å². The van der Waals surface area contributed by atoms with Gasteiger partial charge in [-0.15, -0.1) is 10.2 Å². The summed E-state index contributed by atoms with van der Waals surface area (Å²) < 4.78 is 2.24. The lowest BCUT2D eigenvalue weighted by Crippen LogP contribution is -2.15. The van der Waals surface area contributed by atoms with Crippen molar-refractivity contribution < 1.29 is 0 Å². The molecule has 5 heteroatoms. The van der Waals surface area contributed by atoms with E-state index in [1.807, 2.05) is 19.1 Å². The molecule has 100 valence electrons. The second kappa shape index (κ2) is 4.99. The van der Waals surface area contributed by atoms with Gasteiger partial charge in [0, 0.05) is 6.04 Å². The Morgan fingerprint density at radius 1 is 1.16 bits per heavy atom. The van der Waals surface area contributed by atoms with Crippen molar-refractivity contribution in [3.8, 4) is 11.5 Å². The third-order valence-corrected chi connectivity index (χ3v) is 3.81. The molecule has 0 bridgehead atoms. The van der Waals surface area contributed by atoms with Gasteiger partial charge >= 0.3 is 0 Å². The van der Waals surface area contributed by atoms with E-state index in [4.69, 9.17) is 5.73 Å². The molecule has 0 unspecified atom stereocenters. The summed E-state index contributed by atoms with van der Waals surface area (Å²) in [6.45, 7) is 2.01. The number of nitrogens with two attached hydrogens (primary N) is 1. The van der Waals surface area contributed by atoms with Crippen LogP contribution in [0.2, 0.25) is 0 Å². The van der Waals surface area contributed by atoms with Crippen LogP contribution in [0.1, 0.15) is 44.0 Å². The van der Waals surface area contributed by atoms with Gasteiger partial charge in [-0.1, -0.05) is 25.3 Å². The maximum absolute atomic E-state index is 5.76. The molecule has 1 aliphatic carbocycles. The van der Waals surface area contributed by atoms with E-state index in [1.54, 1.807) is 6.07 Å². The number of aryl methyl sites for hydroxylation is 1. The summed E-state index contributed by atoms with van der Waals surface area (Å²) in [5, 5.41) is 8.53. The topological polar surface area (TPSA) is 69.6 Å². The van der Waals surface area contributed by atoms with E-state index in [9.17, 15) is 0 Å². The third-order valence-electron chi connectivity index (χ3n) is 3.81. The predicted molar refractivity (Wildman–Crippen MR) is 74.5 cm³/mol. The quantitative estimate of drug-likeness (QED) is 0.898. The van der Waals surface area contributed by atoms with Crippen LogP contribution in [0.25, 0.3) is 11.5 Å². The lowest BCUT2D eigenvalue weighted by Gasteiger charge is -2.25. The predicted octanol–water partition coefficient (Wildman–Crippen LogP) is 2.74. The third kappa shape index (κ3) is 2.32. The van der Waals surface area contributed by atoms with Crippen LogP contribution in [0.15, 0.2) is 18.2 Å². The maximum Gasteiger partial charge on any atom is 0.182 e. The van der Waals surface area contributed by atoms with Gasteiger partial charge in [-0.2, -0.15) is 0 Å². The highest BCUT2D eigenvalue weighted by molar-refractivity contribution is 5.52. The van der Waals surface area contributed by atoms with Gasteiger partial charge in [0.25, 0.3) is 0 Å². The average Bonchev–Trinajstić information content (AvgIpc) is 2.82. The van der Waals surface area contributed by atoms with Crippen molar-refractivity contribution in [2.24, 2.45) is 0 Å². The summed E-state index contributed by atoms with van der Waals surface area (Å²) in [6, 6.07) is 6.14. The van der Waals surface area contributed by atoms with E-state index < -0.39 is 0 Å². The number of nitrogens with zero attached hydrogens (tertiary/aromatic N) is 4. The number of aromatic nitrogens is 4. The fourth-order valence-electron chi connectivity index (χ4n) is 2.90. The van der Waals surface area contributed by atoms with Gasteiger partial charge in [-0.25, -0.2) is 4.98 Å². The molecular formula is C14H19N5. The molecule has 0 spiro atoms. The summed E-state index contributed by atoms with van der Waals surface area (Å²) >= 11 is 0. The average molecular weight is 257 g/mol. The zero-order chi connectivity index (χ0) is 13.2. The van der Waals surface area contributed by atoms with Crippen molar-refractivity contribution in [3.63, 3.8) is 0 Å². The van der Waals surface area contributed by atoms with Crippen molar-refractivity contribution in [3.05, 3.63) is 24.0 Å². The number of pyridine rings is 1. The first-order chi connectivity index (χ1) is 9.25. The second-order valence-corrected chi connectivity index (χ2v) is 5.18. The lowest BCUT2D eigenvalue weighted by atomic mass is 9.95. The Hall–Kier alpha value is -1.91. The lowest BCUT2D eigenvalue weighted by molar-refractivity contribution is 0.350. The molecule has 2 aromatic rings. The molecule has 0 aliphatic heterocycles. The SMILES string of the molecule is Cc1nnc(-c2cccc(N)n2)n1C1CCCCC1. The summed E-state index contributed by atoms with van der Waals surface area (Å²) in [7, 11) is 0. The highest BCUT2D eigenvalue weighted by Gasteiger charge is 2.22. The Kier molecular flexibility index (Phi) is 3.19. The van der Waals surface area contributed by atoms with Crippen molar-refractivity contribution in [1.82, 2.24) is 19.7 Å². The molecule has 0 amide bonds. The van der Waals surface area contributed by atoms with E-state index in [-0.39, 0.29) is 0 Å². The van der Waals surface area contributed by atoms with E-state index in [0.29, 0.717) is 11.9 Å². The molecule has 1 fully saturated rings. The summed E-state index contributed by atoms with van der Waals surface area (Å²) in [4.78, 5) is 4.37. The van der Waals surface area contributed by atoms with E-state index in [2.05, 4.69) is 19.7 Å². The molecule has 19 heavy (non-hydrogen) atoms. The van der Waals surface area contributed by atoms with Crippen LogP contribution in [-0.4, -0.2) is 19.7 Å². The molecule has 0 aromatic carbocycles. The Bertz CT molecular complexity index is 569. The summed E-state index contributed by atoms with van der Waals surface area (Å²) in [5.74, 6) is 2.33. The first-order valence-corrected chi connectivity index (χ1v) is 6.90. The van der Waals surface area contributed by atoms with Gasteiger partial charge in [0.15, 0.2) is 5.82 Å². The molecule has 5 nitrogen and oxygen atoms in total. The number of rotatable bonds is 2. The Balaban J connectivity index is 2.02. The minimum Gasteiger partial charge on any atom is -0.384 e. The Morgan fingerprint density at radius 3 is 2.68 bits per heavy atom. The highest BCUT2D eigenvalue weighted by Crippen LogP contribution is 2.32. The van der Waals surface area contributed by atoms with Crippen molar-refractivity contribution in [1.29, 1.82) is 0 Å². The number of hydrogen-bond donors (Lipinski definition) is 1. The highest BCUT2D eigenvalue weighted by atomic mass is 15.3. The first-order valence-electron chi connectivity index (χ1n) is 6.90. The molecule has 0 atom stereocenters. The number of anilines is 1. The fraction of sp³-hybridized carbons (Fsp3) is 0.500. The standard InChI is InChI=1S/C14H19N5/c1-10-17-18-14(12-8-5-9-13(15)16-12)19(10)11-6-3-2-4-7-11/h5,8-9,11H,2-4,6-7H2,1H3,(H2,15,16). The van der Waals surface area contributed by atoms with Crippen LogP contribution >= 0.6 is 0 Å². The van der Waals surface area contributed by atoms with E-state index in [0.717, 1.165) is 17.3 Å². The normalized spacial score (nSPS) is 16.7. The van der Waals surface area contributed by atoms with Gasteiger partial charge in [0.05, 0.1) is 0 Å². The smallest absolute Gasteiger partial charge is 0.182 e. The fourth-order valence-corrected chi connectivity index (χ4v) is 2.90. The second-order valence-electron chi connectivity index (χ2n) is 5.18. The van der Waals surface area contributed by atoms with Crippen molar-refractivity contribution in [2.45, 2.75) is 45.1 Å². The van der Waals surface area contributed by atoms with Gasteiger partial charge in [0.1, 0.15) is 17.3 Å². The molecule has 2 N–H and O–H groups in total. The molecule has 1 aliphatic rings. The van der Waals surface area contributed by atoms with Gasteiger partial charge < -0.3 is 10.3 Å². The van der Waals surface area contributed by atoms with Gasteiger partial charge in [0.2, 0.25) is 0 Å². The molecule has 2 aromatic heterocycles. The van der Waals surface area contributed by atoms with Crippen LogP contribution in [0, 0.1) is 6.92 Å². The monoisotopic (exact) mass is 257 g/mol. The van der Waals surface area contributed by atoms with Gasteiger partial charge in [-0.3, -0.25) is 0 Å². The zero-order valence-electron chi connectivity index (χ0n) is 11.2. The zero-order valence-corrected chi connectivity index (χ0v) is 11.2. The van der Waals surface area contributed by atoms with E-state index >= 15 is 0 Å². The Labute approximate surface area is 112 Å². The summed E-state index contributed by atoms with van der Waals surface area (Å²) in [5.41, 5.74) is 6.57. The maximum atomic E-state index is 5.76. The molecule has 0 radical (unpaired) electrons. The van der Waals surface area contributed by atoms with Crippen LogP contribution in [0.3, 0.4) is 0 Å². The van der Waals surface area contributed by atoms with Crippen LogP contribution < -0.4 is 5.73 Å². The molecule has 3 rings (SSSR count). The van der Waals surface area contributed by atoms with Crippen molar-refractivity contribution in [2.75, 3.05) is 5.73 Å². The summed E-state index contributed by atoms with van der Waals surface area (Å²) in [6.07, 6.45) is 6.31. The molecule has 1 saturated carbocycles. The van der Waals surface area contributed by atoms with E-state index in [1.165, 1.54) is 32.1 Å².